The van der Waals surface area contributed by atoms with Crippen LogP contribution in [0, 0.1) is 18.7 Å². The van der Waals surface area contributed by atoms with Crippen LogP contribution in [0.4, 0.5) is 9.18 Å². The van der Waals surface area contributed by atoms with E-state index in [4.69, 9.17) is 21.2 Å². The van der Waals surface area contributed by atoms with Crippen LogP contribution in [-0.4, -0.2) is 34.9 Å². The van der Waals surface area contributed by atoms with Crippen molar-refractivity contribution in [3.63, 3.8) is 0 Å². The number of carbonyl (C=O) groups excluding carboxylic acids is 1. The van der Waals surface area contributed by atoms with E-state index in [2.05, 4.69) is 15.8 Å². The third-order valence-corrected chi connectivity index (χ3v) is 5.02. The van der Waals surface area contributed by atoms with Gasteiger partial charge in [0, 0.05) is 12.6 Å². The lowest BCUT2D eigenvalue weighted by atomic mass is 10.0. The van der Waals surface area contributed by atoms with Gasteiger partial charge in [0.15, 0.2) is 0 Å². The standard InChI is InChI=1S/C18H19ClFN3O4/c1-9-14(16(23-27-9)15-12(19)3-2-4-13(15)20)17(24)21-8-10-5-6-11(7-10)22-18(25)26/h2-4,10-11,22H,5-8H2,1H3,(H,21,24)(H,25,26). The van der Waals surface area contributed by atoms with Crippen LogP contribution >= 0.6 is 11.6 Å². The van der Waals surface area contributed by atoms with Crippen LogP contribution in [0.2, 0.25) is 5.02 Å². The predicted molar refractivity (Wildman–Crippen MR) is 96.3 cm³/mol. The van der Waals surface area contributed by atoms with Crippen molar-refractivity contribution in [3.8, 4) is 11.3 Å². The summed E-state index contributed by atoms with van der Waals surface area (Å²) in [4.78, 5) is 23.4. The number of carbonyl (C=O) groups is 2. The molecular formula is C18H19ClFN3O4. The van der Waals surface area contributed by atoms with Crippen LogP contribution in [0.3, 0.4) is 0 Å². The van der Waals surface area contributed by atoms with Gasteiger partial charge < -0.3 is 20.3 Å². The first kappa shape index (κ1) is 19.2. The van der Waals surface area contributed by atoms with Gasteiger partial charge in [-0.25, -0.2) is 9.18 Å². The normalized spacial score (nSPS) is 19.1. The minimum absolute atomic E-state index is 0.0211. The van der Waals surface area contributed by atoms with E-state index in [0.717, 1.165) is 12.8 Å². The second kappa shape index (κ2) is 7.96. The molecule has 1 saturated carbocycles. The number of amides is 2. The maximum atomic E-state index is 14.2. The maximum absolute atomic E-state index is 14.2. The number of hydrogen-bond acceptors (Lipinski definition) is 4. The molecule has 1 aliphatic rings. The van der Waals surface area contributed by atoms with Crippen LogP contribution in [0.5, 0.6) is 0 Å². The highest BCUT2D eigenvalue weighted by Crippen LogP contribution is 2.33. The number of rotatable bonds is 5. The molecule has 0 saturated heterocycles. The van der Waals surface area contributed by atoms with Crippen molar-refractivity contribution in [1.29, 1.82) is 0 Å². The van der Waals surface area contributed by atoms with Crippen molar-refractivity contribution in [3.05, 3.63) is 40.4 Å². The molecule has 1 heterocycles. The van der Waals surface area contributed by atoms with E-state index in [1.165, 1.54) is 18.2 Å². The molecule has 1 aromatic carbocycles. The zero-order valence-corrected chi connectivity index (χ0v) is 15.3. The Bertz CT molecular complexity index is 850. The minimum atomic E-state index is -1.05. The van der Waals surface area contributed by atoms with Crippen LogP contribution < -0.4 is 10.6 Å². The van der Waals surface area contributed by atoms with Gasteiger partial charge in [0.1, 0.15) is 22.8 Å². The zero-order valence-electron chi connectivity index (χ0n) is 14.6. The van der Waals surface area contributed by atoms with Crippen molar-refractivity contribution in [1.82, 2.24) is 15.8 Å². The molecule has 27 heavy (non-hydrogen) atoms. The van der Waals surface area contributed by atoms with Crippen molar-refractivity contribution >= 4 is 23.6 Å². The number of benzene rings is 1. The maximum Gasteiger partial charge on any atom is 0.404 e. The largest absolute Gasteiger partial charge is 0.465 e. The van der Waals surface area contributed by atoms with Gasteiger partial charge in [-0.15, -0.1) is 0 Å². The van der Waals surface area contributed by atoms with Crippen molar-refractivity contribution in [2.45, 2.75) is 32.2 Å². The van der Waals surface area contributed by atoms with E-state index in [1.54, 1.807) is 6.92 Å². The highest BCUT2D eigenvalue weighted by atomic mass is 35.5. The molecule has 7 nitrogen and oxygen atoms in total. The quantitative estimate of drug-likeness (QED) is 0.717. The van der Waals surface area contributed by atoms with E-state index in [9.17, 15) is 14.0 Å². The molecule has 0 radical (unpaired) electrons. The van der Waals surface area contributed by atoms with Crippen molar-refractivity contribution in [2.75, 3.05) is 6.54 Å². The molecule has 1 fully saturated rings. The number of aromatic nitrogens is 1. The smallest absolute Gasteiger partial charge is 0.404 e. The Morgan fingerprint density at radius 3 is 2.89 bits per heavy atom. The SMILES string of the molecule is Cc1onc(-c2c(F)cccc2Cl)c1C(=O)NCC1CCC(NC(=O)O)C1. The first-order valence-corrected chi connectivity index (χ1v) is 8.93. The molecule has 1 aliphatic carbocycles. The van der Waals surface area contributed by atoms with Gasteiger partial charge in [0.05, 0.1) is 10.6 Å². The Morgan fingerprint density at radius 2 is 2.19 bits per heavy atom. The fourth-order valence-corrected chi connectivity index (χ4v) is 3.68. The van der Waals surface area contributed by atoms with Crippen molar-refractivity contribution in [2.24, 2.45) is 5.92 Å². The van der Waals surface area contributed by atoms with Crippen molar-refractivity contribution < 1.29 is 23.6 Å². The second-order valence-electron chi connectivity index (χ2n) is 6.59. The average molecular weight is 396 g/mol. The number of halogens is 2. The Hall–Kier alpha value is -2.61. The number of carboxylic acid groups (broad SMARTS) is 1. The molecule has 0 aliphatic heterocycles. The lowest BCUT2D eigenvalue weighted by Crippen LogP contribution is -2.33. The van der Waals surface area contributed by atoms with Gasteiger partial charge in [0.25, 0.3) is 5.91 Å². The van der Waals surface area contributed by atoms with Gasteiger partial charge >= 0.3 is 6.09 Å². The van der Waals surface area contributed by atoms with Gasteiger partial charge in [-0.3, -0.25) is 4.79 Å². The summed E-state index contributed by atoms with van der Waals surface area (Å²) in [6.07, 6.45) is 1.15. The number of nitrogens with one attached hydrogen (secondary N) is 2. The summed E-state index contributed by atoms with van der Waals surface area (Å²) in [6, 6.07) is 4.12. The van der Waals surface area contributed by atoms with Crippen LogP contribution in [0.15, 0.2) is 22.7 Å². The molecule has 2 aromatic rings. The van der Waals surface area contributed by atoms with Crippen LogP contribution in [-0.2, 0) is 0 Å². The minimum Gasteiger partial charge on any atom is -0.465 e. The lowest BCUT2D eigenvalue weighted by Gasteiger charge is -2.13. The summed E-state index contributed by atoms with van der Waals surface area (Å²) in [5.41, 5.74) is 0.220. The highest BCUT2D eigenvalue weighted by molar-refractivity contribution is 6.33. The number of aryl methyl sites for hydroxylation is 1. The summed E-state index contributed by atoms with van der Waals surface area (Å²) in [6.45, 7) is 1.95. The molecule has 9 heteroatoms. The molecule has 144 valence electrons. The van der Waals surface area contributed by atoms with E-state index < -0.39 is 17.8 Å². The first-order valence-electron chi connectivity index (χ1n) is 8.55. The third-order valence-electron chi connectivity index (χ3n) is 4.71. The topological polar surface area (TPSA) is 104 Å². The predicted octanol–water partition coefficient (Wildman–Crippen LogP) is 3.61. The number of hydrogen-bond donors (Lipinski definition) is 3. The molecule has 0 bridgehead atoms. The average Bonchev–Trinajstić information content (AvgIpc) is 3.19. The van der Waals surface area contributed by atoms with E-state index >= 15 is 0 Å². The molecule has 2 amide bonds. The molecule has 0 spiro atoms. The first-order chi connectivity index (χ1) is 12.9. The fourth-order valence-electron chi connectivity index (χ4n) is 3.43. The second-order valence-corrected chi connectivity index (χ2v) is 7.00. The lowest BCUT2D eigenvalue weighted by molar-refractivity contribution is 0.0946. The molecule has 1 aromatic heterocycles. The summed E-state index contributed by atoms with van der Waals surface area (Å²) >= 11 is 6.08. The van der Waals surface area contributed by atoms with E-state index in [-0.39, 0.29) is 39.6 Å². The van der Waals surface area contributed by atoms with Crippen LogP contribution in [0.25, 0.3) is 11.3 Å². The Balaban J connectivity index is 1.71. The summed E-state index contributed by atoms with van der Waals surface area (Å²) in [7, 11) is 0. The van der Waals surface area contributed by atoms with Gasteiger partial charge in [-0.05, 0) is 44.2 Å². The Labute approximate surface area is 159 Å². The Kier molecular flexibility index (Phi) is 5.65. The molecule has 2 unspecified atom stereocenters. The van der Waals surface area contributed by atoms with Crippen LogP contribution in [0.1, 0.15) is 35.4 Å². The number of nitrogens with zero attached hydrogens (tertiary/aromatic N) is 1. The summed E-state index contributed by atoms with van der Waals surface area (Å²) in [5, 5.41) is 18.0. The molecule has 3 rings (SSSR count). The molecule has 2 atom stereocenters. The van der Waals surface area contributed by atoms with E-state index in [1.807, 2.05) is 0 Å². The fraction of sp³-hybridized carbons (Fsp3) is 0.389. The summed E-state index contributed by atoms with van der Waals surface area (Å²) < 4.78 is 19.3. The van der Waals surface area contributed by atoms with Gasteiger partial charge in [-0.2, -0.15) is 0 Å². The highest BCUT2D eigenvalue weighted by Gasteiger charge is 2.28. The zero-order chi connectivity index (χ0) is 19.6. The Morgan fingerprint density at radius 1 is 1.41 bits per heavy atom. The monoisotopic (exact) mass is 395 g/mol. The molecule has 3 N–H and O–H groups in total. The third kappa shape index (κ3) is 4.21. The molecular weight excluding hydrogens is 377 g/mol. The van der Waals surface area contributed by atoms with Gasteiger partial charge in [0.2, 0.25) is 0 Å². The van der Waals surface area contributed by atoms with Gasteiger partial charge in [-0.1, -0.05) is 22.8 Å². The summed E-state index contributed by atoms with van der Waals surface area (Å²) in [5.74, 6) is -0.605. The van der Waals surface area contributed by atoms with E-state index in [0.29, 0.717) is 13.0 Å².